The van der Waals surface area contributed by atoms with Crippen LogP contribution in [0.25, 0.3) is 11.3 Å². The number of nitrogens with zero attached hydrogens (tertiary/aromatic N) is 1. The van der Waals surface area contributed by atoms with Crippen molar-refractivity contribution in [1.82, 2.24) is 10.6 Å². The first kappa shape index (κ1) is 9.42. The van der Waals surface area contributed by atoms with Gasteiger partial charge in [0.25, 0.3) is 5.91 Å². The molecule has 1 heterocycles. The number of nitrogens with two attached hydrogens (primary N) is 1. The monoisotopic (exact) mass is 203 g/mol. The van der Waals surface area contributed by atoms with Crippen LogP contribution in [0.2, 0.25) is 0 Å². The summed E-state index contributed by atoms with van der Waals surface area (Å²) in [6.07, 6.45) is 1.27. The number of amides is 1. The molecule has 0 aliphatic heterocycles. The summed E-state index contributed by atoms with van der Waals surface area (Å²) >= 11 is 0. The fraction of sp³-hybridized carbons (Fsp3) is 0. The molecule has 5 heteroatoms. The number of benzene rings is 1. The van der Waals surface area contributed by atoms with Gasteiger partial charge in [-0.15, -0.1) is 0 Å². The number of hydrazine groups is 1. The second-order valence-corrected chi connectivity index (χ2v) is 2.92. The molecule has 0 atom stereocenters. The minimum atomic E-state index is -0.421. The molecule has 1 amide bonds. The van der Waals surface area contributed by atoms with Crippen LogP contribution in [0, 0.1) is 0 Å². The Morgan fingerprint density at radius 1 is 1.33 bits per heavy atom. The van der Waals surface area contributed by atoms with Gasteiger partial charge in [-0.1, -0.05) is 35.5 Å². The highest BCUT2D eigenvalue weighted by atomic mass is 16.5. The van der Waals surface area contributed by atoms with E-state index in [0.717, 1.165) is 5.56 Å². The van der Waals surface area contributed by atoms with Crippen LogP contribution in [-0.2, 0) is 0 Å². The summed E-state index contributed by atoms with van der Waals surface area (Å²) < 4.78 is 4.76. The largest absolute Gasteiger partial charge is 0.363 e. The molecule has 3 N–H and O–H groups in total. The van der Waals surface area contributed by atoms with Crippen molar-refractivity contribution in [2.75, 3.05) is 0 Å². The van der Waals surface area contributed by atoms with Gasteiger partial charge in [-0.25, -0.2) is 5.84 Å². The maximum atomic E-state index is 11.3. The number of carbonyl (C=O) groups is 1. The number of nitrogen functional groups attached to an aromatic ring is 1. The normalized spacial score (nSPS) is 9.93. The highest BCUT2D eigenvalue weighted by Crippen LogP contribution is 2.21. The Balaban J connectivity index is 2.46. The van der Waals surface area contributed by atoms with E-state index in [1.54, 1.807) is 0 Å². The summed E-state index contributed by atoms with van der Waals surface area (Å²) in [5.74, 6) is 4.62. The molecule has 76 valence electrons. The molecule has 2 rings (SSSR count). The van der Waals surface area contributed by atoms with Crippen molar-refractivity contribution in [1.29, 1.82) is 0 Å². The molecular weight excluding hydrogens is 194 g/mol. The van der Waals surface area contributed by atoms with Crippen molar-refractivity contribution in [3.05, 3.63) is 42.2 Å². The number of carbonyl (C=O) groups excluding carboxylic acids is 1. The van der Waals surface area contributed by atoms with E-state index < -0.39 is 5.91 Å². The molecule has 0 aliphatic rings. The summed E-state index contributed by atoms with van der Waals surface area (Å²) in [7, 11) is 0. The number of aromatic nitrogens is 1. The molecule has 0 unspecified atom stereocenters. The average molecular weight is 203 g/mol. The maximum absolute atomic E-state index is 11.3. The third-order valence-corrected chi connectivity index (χ3v) is 1.99. The van der Waals surface area contributed by atoms with Crippen molar-refractivity contribution in [2.24, 2.45) is 5.84 Å². The van der Waals surface area contributed by atoms with Gasteiger partial charge >= 0.3 is 0 Å². The predicted molar refractivity (Wildman–Crippen MR) is 53.6 cm³/mol. The van der Waals surface area contributed by atoms with Gasteiger partial charge in [0.05, 0.1) is 0 Å². The zero-order valence-corrected chi connectivity index (χ0v) is 7.81. The van der Waals surface area contributed by atoms with Gasteiger partial charge in [-0.3, -0.25) is 10.2 Å². The summed E-state index contributed by atoms with van der Waals surface area (Å²) in [5.41, 5.74) is 3.66. The van der Waals surface area contributed by atoms with E-state index in [9.17, 15) is 4.79 Å². The van der Waals surface area contributed by atoms with E-state index in [4.69, 9.17) is 10.4 Å². The fourth-order valence-corrected chi connectivity index (χ4v) is 1.28. The zero-order chi connectivity index (χ0) is 10.7. The second-order valence-electron chi connectivity index (χ2n) is 2.92. The lowest BCUT2D eigenvalue weighted by Gasteiger charge is -1.98. The minimum Gasteiger partial charge on any atom is -0.363 e. The number of nitrogens with one attached hydrogen (secondary N) is 1. The lowest BCUT2D eigenvalue weighted by Crippen LogP contribution is -2.30. The van der Waals surface area contributed by atoms with Crippen LogP contribution >= 0.6 is 0 Å². The Kier molecular flexibility index (Phi) is 2.47. The summed E-state index contributed by atoms with van der Waals surface area (Å²) in [4.78, 5) is 11.3. The van der Waals surface area contributed by atoms with Crippen molar-refractivity contribution >= 4 is 5.91 Å². The molecule has 15 heavy (non-hydrogen) atoms. The van der Waals surface area contributed by atoms with Crippen LogP contribution in [0.5, 0.6) is 0 Å². The molecule has 2 aromatic rings. The number of rotatable bonds is 2. The summed E-state index contributed by atoms with van der Waals surface area (Å²) in [6.45, 7) is 0. The maximum Gasteiger partial charge on any atom is 0.270 e. The fourth-order valence-electron chi connectivity index (χ4n) is 1.28. The minimum absolute atomic E-state index is 0.323. The van der Waals surface area contributed by atoms with Gasteiger partial charge in [0, 0.05) is 5.56 Å². The van der Waals surface area contributed by atoms with Gasteiger partial charge in [-0.05, 0) is 0 Å². The molecular formula is C10H9N3O2. The van der Waals surface area contributed by atoms with Crippen molar-refractivity contribution in [3.8, 4) is 11.3 Å². The Hall–Kier alpha value is -2.14. The van der Waals surface area contributed by atoms with Crippen LogP contribution in [0.1, 0.15) is 10.4 Å². The number of hydrogen-bond donors (Lipinski definition) is 2. The molecule has 0 spiro atoms. The van der Waals surface area contributed by atoms with E-state index in [2.05, 4.69) is 5.16 Å². The molecule has 0 bridgehead atoms. The lowest BCUT2D eigenvalue weighted by molar-refractivity contribution is 0.0953. The van der Waals surface area contributed by atoms with E-state index in [1.807, 2.05) is 35.8 Å². The van der Waals surface area contributed by atoms with Crippen molar-refractivity contribution in [3.63, 3.8) is 0 Å². The van der Waals surface area contributed by atoms with Crippen LogP contribution in [0.3, 0.4) is 0 Å². The van der Waals surface area contributed by atoms with Crippen LogP contribution in [-0.4, -0.2) is 11.1 Å². The Morgan fingerprint density at radius 2 is 2.07 bits per heavy atom. The molecule has 0 saturated carbocycles. The average Bonchev–Trinajstić information content (AvgIpc) is 2.78. The first-order chi connectivity index (χ1) is 7.33. The number of hydrogen-bond acceptors (Lipinski definition) is 4. The second kappa shape index (κ2) is 3.93. The molecule has 0 aliphatic carbocycles. The summed E-state index contributed by atoms with van der Waals surface area (Å²) in [6, 6.07) is 9.27. The topological polar surface area (TPSA) is 81.1 Å². The van der Waals surface area contributed by atoms with Crippen LogP contribution in [0.4, 0.5) is 0 Å². The van der Waals surface area contributed by atoms with E-state index >= 15 is 0 Å². The first-order valence-corrected chi connectivity index (χ1v) is 4.33. The zero-order valence-electron chi connectivity index (χ0n) is 7.81. The SMILES string of the molecule is NNC(=O)c1conc1-c1ccccc1. The van der Waals surface area contributed by atoms with Crippen molar-refractivity contribution in [2.45, 2.75) is 0 Å². The van der Waals surface area contributed by atoms with Gasteiger partial charge in [0.2, 0.25) is 0 Å². The van der Waals surface area contributed by atoms with Gasteiger partial charge in [0.15, 0.2) is 0 Å². The lowest BCUT2D eigenvalue weighted by atomic mass is 10.1. The highest BCUT2D eigenvalue weighted by molar-refractivity contribution is 5.99. The molecule has 5 nitrogen and oxygen atoms in total. The molecule has 0 saturated heterocycles. The Morgan fingerprint density at radius 3 is 2.73 bits per heavy atom. The third kappa shape index (κ3) is 1.72. The standard InChI is InChI=1S/C10H9N3O2/c11-12-10(14)8-6-15-13-9(8)7-4-2-1-3-5-7/h1-6H,11H2,(H,12,14). The van der Waals surface area contributed by atoms with Gasteiger partial charge in [0.1, 0.15) is 17.5 Å². The van der Waals surface area contributed by atoms with E-state index in [0.29, 0.717) is 11.3 Å². The molecule has 1 aromatic carbocycles. The predicted octanol–water partition coefficient (Wildman–Crippen LogP) is 0.945. The van der Waals surface area contributed by atoms with Crippen molar-refractivity contribution < 1.29 is 9.32 Å². The quantitative estimate of drug-likeness (QED) is 0.432. The van der Waals surface area contributed by atoms with E-state index in [1.165, 1.54) is 6.26 Å². The highest BCUT2D eigenvalue weighted by Gasteiger charge is 2.15. The molecule has 1 aromatic heterocycles. The van der Waals surface area contributed by atoms with Gasteiger partial charge < -0.3 is 4.52 Å². The third-order valence-electron chi connectivity index (χ3n) is 1.99. The Labute approximate surface area is 85.8 Å². The molecule has 0 fully saturated rings. The van der Waals surface area contributed by atoms with Crippen LogP contribution in [0.15, 0.2) is 41.1 Å². The first-order valence-electron chi connectivity index (χ1n) is 4.33. The van der Waals surface area contributed by atoms with Gasteiger partial charge in [-0.2, -0.15) is 0 Å². The molecule has 0 radical (unpaired) electrons. The Bertz CT molecular complexity index is 465. The smallest absolute Gasteiger partial charge is 0.270 e. The van der Waals surface area contributed by atoms with Crippen LogP contribution < -0.4 is 11.3 Å². The summed E-state index contributed by atoms with van der Waals surface area (Å²) in [5, 5.41) is 3.76. The van der Waals surface area contributed by atoms with E-state index in [-0.39, 0.29) is 0 Å².